The van der Waals surface area contributed by atoms with Gasteiger partial charge in [-0.3, -0.25) is 9.59 Å². The van der Waals surface area contributed by atoms with E-state index in [2.05, 4.69) is 5.32 Å². The van der Waals surface area contributed by atoms with Gasteiger partial charge >= 0.3 is 0 Å². The number of ether oxygens (including phenoxy) is 2. The number of methoxy groups -OCH3 is 1. The summed E-state index contributed by atoms with van der Waals surface area (Å²) >= 11 is 0. The molecule has 0 unspecified atom stereocenters. The Labute approximate surface area is 130 Å². The topological polar surface area (TPSA) is 67.9 Å². The first-order chi connectivity index (χ1) is 10.7. The highest BCUT2D eigenvalue weighted by molar-refractivity contribution is 5.94. The molecule has 2 amide bonds. The lowest BCUT2D eigenvalue weighted by atomic mass is 10.1. The Hall–Kier alpha value is -2.08. The van der Waals surface area contributed by atoms with Crippen molar-refractivity contribution in [3.8, 4) is 5.75 Å². The van der Waals surface area contributed by atoms with Crippen molar-refractivity contribution in [2.24, 2.45) is 0 Å². The molecule has 2 rings (SSSR count). The van der Waals surface area contributed by atoms with E-state index in [4.69, 9.17) is 9.47 Å². The molecule has 1 aromatic carbocycles. The average molecular weight is 306 g/mol. The van der Waals surface area contributed by atoms with Crippen LogP contribution in [-0.4, -0.2) is 56.7 Å². The molecule has 1 N–H and O–H groups in total. The highest BCUT2D eigenvalue weighted by atomic mass is 16.5. The van der Waals surface area contributed by atoms with Crippen molar-refractivity contribution >= 4 is 11.8 Å². The molecule has 1 fully saturated rings. The standard InChI is InChI=1S/C16H22N2O4/c1-21-14-5-3-13(4-6-14)16(20)18-9-2-11-22-12-8-17-15(19)7-10-18/h3-6H,2,7-12H2,1H3,(H,17,19). The third kappa shape index (κ3) is 4.73. The summed E-state index contributed by atoms with van der Waals surface area (Å²) in [5.74, 6) is 0.578. The molecule has 1 aliphatic heterocycles. The van der Waals surface area contributed by atoms with Gasteiger partial charge < -0.3 is 19.7 Å². The lowest BCUT2D eigenvalue weighted by Gasteiger charge is -2.22. The normalized spacial score (nSPS) is 17.3. The van der Waals surface area contributed by atoms with Gasteiger partial charge in [-0.1, -0.05) is 0 Å². The van der Waals surface area contributed by atoms with Gasteiger partial charge in [0, 0.05) is 38.2 Å². The molecule has 120 valence electrons. The van der Waals surface area contributed by atoms with Crippen LogP contribution in [0.3, 0.4) is 0 Å². The number of hydrogen-bond donors (Lipinski definition) is 1. The van der Waals surface area contributed by atoms with Crippen molar-refractivity contribution in [3.63, 3.8) is 0 Å². The summed E-state index contributed by atoms with van der Waals surface area (Å²) in [5.41, 5.74) is 0.594. The molecule has 0 saturated carbocycles. The molecule has 22 heavy (non-hydrogen) atoms. The molecule has 1 saturated heterocycles. The van der Waals surface area contributed by atoms with Crippen molar-refractivity contribution in [3.05, 3.63) is 29.8 Å². The quantitative estimate of drug-likeness (QED) is 0.887. The molecule has 1 aliphatic rings. The minimum atomic E-state index is -0.0744. The molecule has 0 bridgehead atoms. The fourth-order valence-corrected chi connectivity index (χ4v) is 2.28. The smallest absolute Gasteiger partial charge is 0.253 e. The molecule has 6 nitrogen and oxygen atoms in total. The summed E-state index contributed by atoms with van der Waals surface area (Å²) in [4.78, 5) is 26.0. The van der Waals surface area contributed by atoms with Crippen LogP contribution < -0.4 is 10.1 Å². The second-order valence-electron chi connectivity index (χ2n) is 5.09. The van der Waals surface area contributed by atoms with E-state index >= 15 is 0 Å². The Balaban J connectivity index is 2.04. The van der Waals surface area contributed by atoms with Crippen LogP contribution in [0, 0.1) is 0 Å². The molecule has 0 spiro atoms. The van der Waals surface area contributed by atoms with Gasteiger partial charge in [0.2, 0.25) is 5.91 Å². The molecular weight excluding hydrogens is 284 g/mol. The Kier molecular flexibility index (Phi) is 6.21. The monoisotopic (exact) mass is 306 g/mol. The fraction of sp³-hybridized carbons (Fsp3) is 0.500. The zero-order valence-electron chi connectivity index (χ0n) is 12.8. The summed E-state index contributed by atoms with van der Waals surface area (Å²) in [7, 11) is 1.59. The van der Waals surface area contributed by atoms with Gasteiger partial charge in [-0.25, -0.2) is 0 Å². The largest absolute Gasteiger partial charge is 0.497 e. The number of benzene rings is 1. The van der Waals surface area contributed by atoms with Crippen LogP contribution in [0.4, 0.5) is 0 Å². The zero-order valence-corrected chi connectivity index (χ0v) is 12.8. The minimum absolute atomic E-state index is 0.0574. The lowest BCUT2D eigenvalue weighted by molar-refractivity contribution is -0.121. The predicted octanol–water partition coefficient (Wildman–Crippen LogP) is 1.06. The SMILES string of the molecule is COc1ccc(C(=O)N2CCCOCCNC(=O)CC2)cc1. The van der Waals surface area contributed by atoms with Crippen LogP contribution in [0.2, 0.25) is 0 Å². The third-order valence-electron chi connectivity index (χ3n) is 3.52. The molecule has 0 aromatic heterocycles. The number of nitrogens with one attached hydrogen (secondary N) is 1. The number of nitrogens with zero attached hydrogens (tertiary/aromatic N) is 1. The van der Waals surface area contributed by atoms with E-state index in [1.807, 2.05) is 0 Å². The zero-order chi connectivity index (χ0) is 15.8. The maximum Gasteiger partial charge on any atom is 0.253 e. The Morgan fingerprint density at radius 2 is 2.00 bits per heavy atom. The van der Waals surface area contributed by atoms with Crippen molar-refractivity contribution in [2.75, 3.05) is 40.0 Å². The first kappa shape index (κ1) is 16.3. The maximum atomic E-state index is 12.6. The summed E-state index contributed by atoms with van der Waals surface area (Å²) in [5, 5.41) is 2.78. The van der Waals surface area contributed by atoms with Gasteiger partial charge in [0.15, 0.2) is 0 Å². The van der Waals surface area contributed by atoms with E-state index in [1.165, 1.54) is 0 Å². The molecule has 6 heteroatoms. The number of amides is 2. The van der Waals surface area contributed by atoms with Crippen molar-refractivity contribution in [2.45, 2.75) is 12.8 Å². The van der Waals surface area contributed by atoms with Crippen molar-refractivity contribution in [1.82, 2.24) is 10.2 Å². The first-order valence-electron chi connectivity index (χ1n) is 7.48. The molecule has 1 aromatic rings. The summed E-state index contributed by atoms with van der Waals surface area (Å²) in [6.07, 6.45) is 1.07. The van der Waals surface area contributed by atoms with Gasteiger partial charge in [0.05, 0.1) is 13.7 Å². The average Bonchev–Trinajstić information content (AvgIpc) is 2.60. The van der Waals surface area contributed by atoms with Crippen LogP contribution in [0.15, 0.2) is 24.3 Å². The fourth-order valence-electron chi connectivity index (χ4n) is 2.28. The van der Waals surface area contributed by atoms with Crippen molar-refractivity contribution < 1.29 is 19.1 Å². The maximum absolute atomic E-state index is 12.6. The van der Waals surface area contributed by atoms with E-state index in [0.717, 1.165) is 6.42 Å². The summed E-state index contributed by atoms with van der Waals surface area (Å²) in [6, 6.07) is 7.00. The third-order valence-corrected chi connectivity index (χ3v) is 3.52. The summed E-state index contributed by atoms with van der Waals surface area (Å²) < 4.78 is 10.5. The van der Waals surface area contributed by atoms with Crippen LogP contribution in [0.5, 0.6) is 5.75 Å². The molecule has 0 atom stereocenters. The van der Waals surface area contributed by atoms with E-state index in [1.54, 1.807) is 36.3 Å². The number of rotatable bonds is 2. The number of carbonyl (C=O) groups excluding carboxylic acids is 2. The Bertz CT molecular complexity index is 501. The first-order valence-corrected chi connectivity index (χ1v) is 7.48. The van der Waals surface area contributed by atoms with E-state index in [9.17, 15) is 9.59 Å². The lowest BCUT2D eigenvalue weighted by Crippen LogP contribution is -2.36. The van der Waals surface area contributed by atoms with Crippen molar-refractivity contribution in [1.29, 1.82) is 0 Å². The molecular formula is C16H22N2O4. The second kappa shape index (κ2) is 8.38. The molecule has 1 heterocycles. The highest BCUT2D eigenvalue weighted by Gasteiger charge is 2.17. The number of hydrogen-bond acceptors (Lipinski definition) is 4. The van der Waals surface area contributed by atoms with Gasteiger partial charge in [-0.05, 0) is 30.7 Å². The van der Waals surface area contributed by atoms with E-state index in [-0.39, 0.29) is 11.8 Å². The van der Waals surface area contributed by atoms with E-state index in [0.29, 0.717) is 50.6 Å². The van der Waals surface area contributed by atoms with Crippen LogP contribution in [-0.2, 0) is 9.53 Å². The van der Waals surface area contributed by atoms with Gasteiger partial charge in [0.1, 0.15) is 5.75 Å². The molecule has 0 radical (unpaired) electrons. The van der Waals surface area contributed by atoms with Gasteiger partial charge in [0.25, 0.3) is 5.91 Å². The Morgan fingerprint density at radius 3 is 2.73 bits per heavy atom. The molecule has 0 aliphatic carbocycles. The van der Waals surface area contributed by atoms with Crippen LogP contribution in [0.25, 0.3) is 0 Å². The van der Waals surface area contributed by atoms with Gasteiger partial charge in [-0.15, -0.1) is 0 Å². The highest BCUT2D eigenvalue weighted by Crippen LogP contribution is 2.13. The van der Waals surface area contributed by atoms with Gasteiger partial charge in [-0.2, -0.15) is 0 Å². The second-order valence-corrected chi connectivity index (χ2v) is 5.09. The Morgan fingerprint density at radius 1 is 1.23 bits per heavy atom. The van der Waals surface area contributed by atoms with Crippen LogP contribution in [0.1, 0.15) is 23.2 Å². The predicted molar refractivity (Wildman–Crippen MR) is 82.0 cm³/mol. The minimum Gasteiger partial charge on any atom is -0.497 e. The van der Waals surface area contributed by atoms with Crippen LogP contribution >= 0.6 is 0 Å². The number of carbonyl (C=O) groups is 2. The summed E-state index contributed by atoms with van der Waals surface area (Å²) in [6.45, 7) is 2.61. The van der Waals surface area contributed by atoms with E-state index < -0.39 is 0 Å².